The molecule has 12 nitrogen and oxygen atoms in total. The number of nitrogens with zero attached hydrogens (tertiary/aromatic N) is 3. The fraction of sp³-hybridized carbons (Fsp3) is 0.469. The third-order valence-electron chi connectivity index (χ3n) is 15.5. The van der Waals surface area contributed by atoms with E-state index in [4.69, 9.17) is 23.2 Å². The van der Waals surface area contributed by atoms with Crippen LogP contribution in [0.2, 0.25) is 10.0 Å². The highest BCUT2D eigenvalue weighted by molar-refractivity contribution is 6.31. The van der Waals surface area contributed by atoms with Crippen LogP contribution in [0, 0.1) is 17.7 Å². The van der Waals surface area contributed by atoms with Crippen LogP contribution in [0.15, 0.2) is 60.7 Å². The number of halogens is 3. The molecule has 2 spiro atoms. The molecule has 6 heterocycles. The monoisotopic (exact) mass is 908 g/mol. The first-order valence-corrected chi connectivity index (χ1v) is 23.5. The molecule has 3 aromatic rings. The van der Waals surface area contributed by atoms with E-state index in [-0.39, 0.29) is 58.4 Å². The van der Waals surface area contributed by atoms with Gasteiger partial charge in [-0.25, -0.2) is 4.39 Å². The van der Waals surface area contributed by atoms with Crippen LogP contribution < -0.4 is 16.0 Å². The molecule has 3 aromatic carbocycles. The van der Waals surface area contributed by atoms with Gasteiger partial charge in [0.25, 0.3) is 5.91 Å². The zero-order chi connectivity index (χ0) is 44.5. The molecule has 3 N–H and O–H groups in total. The highest BCUT2D eigenvalue weighted by atomic mass is 35.5. The van der Waals surface area contributed by atoms with Gasteiger partial charge >= 0.3 is 0 Å². The lowest BCUT2D eigenvalue weighted by Gasteiger charge is -2.47. The molecule has 6 amide bonds. The molecule has 15 heteroatoms. The molecule has 1 unspecified atom stereocenters. The largest absolute Gasteiger partial charge is 0.342 e. The van der Waals surface area contributed by atoms with Crippen molar-refractivity contribution in [3.63, 3.8) is 0 Å². The maximum Gasteiger partial charge on any atom is 0.255 e. The van der Waals surface area contributed by atoms with E-state index < -0.39 is 40.7 Å². The molecule has 4 saturated heterocycles. The smallest absolute Gasteiger partial charge is 0.255 e. The molecule has 7 aliphatic rings. The average Bonchev–Trinajstić information content (AvgIpc) is 3.90. The quantitative estimate of drug-likeness (QED) is 0.233. The van der Waals surface area contributed by atoms with Crippen molar-refractivity contribution in [1.29, 1.82) is 0 Å². The zero-order valence-electron chi connectivity index (χ0n) is 35.5. The number of hydrogen-bond donors (Lipinski definition) is 3. The molecule has 1 aliphatic carbocycles. The summed E-state index contributed by atoms with van der Waals surface area (Å²) in [7, 11) is 0. The van der Waals surface area contributed by atoms with Crippen molar-refractivity contribution in [1.82, 2.24) is 25.3 Å². The van der Waals surface area contributed by atoms with Crippen LogP contribution in [0.5, 0.6) is 0 Å². The number of fused-ring (bicyclic) bond motifs is 4. The molecular weight excluding hydrogens is 858 g/mol. The predicted molar refractivity (Wildman–Crippen MR) is 239 cm³/mol. The minimum atomic E-state index is -1.31. The van der Waals surface area contributed by atoms with Gasteiger partial charge in [0.15, 0.2) is 0 Å². The number of benzene rings is 3. The number of rotatable bonds is 6. The first-order valence-electron chi connectivity index (χ1n) is 22.8. The van der Waals surface area contributed by atoms with E-state index in [1.54, 1.807) is 40.1 Å². The van der Waals surface area contributed by atoms with Crippen molar-refractivity contribution in [2.75, 3.05) is 31.5 Å². The summed E-state index contributed by atoms with van der Waals surface area (Å²) in [5, 5.41) is 9.57. The Morgan fingerprint density at radius 2 is 1.53 bits per heavy atom. The average molecular weight is 910 g/mol. The number of nitrogens with one attached hydrogen (secondary N) is 3. The summed E-state index contributed by atoms with van der Waals surface area (Å²) in [6.07, 6.45) is 11.2. The molecule has 6 aliphatic heterocycles. The standard InChI is InChI=1S/C49H51Cl2FN6O6/c50-31-12-13-35-37(26-31)53-47(64)49(35)40(33-8-5-9-36(51)41(33)52)42(55-48(49)20-2-1-3-21-48)46(63)57-24-18-30(19-25-57)44(61)56-22-16-28(17-23-56)10-11-29-6-4-7-32-34(29)27-58(45(32)62)38-14-15-39(59)54-43(38)60/h4-13,26,28,30,38,40,42,55H,1-3,14-25,27H2,(H,53,64)(H,54,59,60)/b11-10-/t38?,40-,42+,49+/m0/s1. The van der Waals surface area contributed by atoms with Gasteiger partial charge in [-0.15, -0.1) is 0 Å². The number of likely N-dealkylation sites (tertiary alicyclic amines) is 2. The maximum atomic E-state index is 16.4. The van der Waals surface area contributed by atoms with Gasteiger partial charge in [0.05, 0.1) is 11.1 Å². The number of allylic oxidation sites excluding steroid dienone is 1. The number of carbonyl (C=O) groups excluding carboxylic acids is 6. The van der Waals surface area contributed by atoms with E-state index >= 15 is 4.39 Å². The minimum Gasteiger partial charge on any atom is -0.342 e. The van der Waals surface area contributed by atoms with Crippen LogP contribution in [0.4, 0.5) is 10.1 Å². The summed E-state index contributed by atoms with van der Waals surface area (Å²) < 4.78 is 16.4. The van der Waals surface area contributed by atoms with Gasteiger partial charge in [-0.05, 0) is 97.4 Å². The van der Waals surface area contributed by atoms with E-state index in [9.17, 15) is 28.8 Å². The number of imide groups is 1. The first-order chi connectivity index (χ1) is 30.9. The van der Waals surface area contributed by atoms with Crippen molar-refractivity contribution < 1.29 is 33.2 Å². The normalized spacial score (nSPS) is 27.1. The predicted octanol–water partition coefficient (Wildman–Crippen LogP) is 6.73. The van der Waals surface area contributed by atoms with Crippen LogP contribution >= 0.6 is 23.2 Å². The Hall–Kier alpha value is -5.11. The second-order valence-corrected chi connectivity index (χ2v) is 19.6. The van der Waals surface area contributed by atoms with Gasteiger partial charge < -0.3 is 20.0 Å². The van der Waals surface area contributed by atoms with Crippen LogP contribution in [0.25, 0.3) is 6.08 Å². The van der Waals surface area contributed by atoms with Gasteiger partial charge in [0.1, 0.15) is 17.3 Å². The van der Waals surface area contributed by atoms with Gasteiger partial charge in [-0.1, -0.05) is 84.9 Å². The molecule has 64 heavy (non-hydrogen) atoms. The second kappa shape index (κ2) is 16.7. The Balaban J connectivity index is 0.809. The van der Waals surface area contributed by atoms with E-state index in [1.807, 2.05) is 29.2 Å². The molecule has 0 aromatic heterocycles. The SMILES string of the molecule is O=C1CCC(N2Cc3c(/C=C\C4CCN(C(=O)C5CCN(C(=O)[C@@H]6NC7(CCCCC7)[C@@]7(C(=O)Nc8cc(Cl)ccc87)[C@H]6c6cccc(Cl)c6F)CC5)CC4)cccc3C2=O)C(=O)N1. The molecule has 5 fully saturated rings. The zero-order valence-corrected chi connectivity index (χ0v) is 37.0. The summed E-state index contributed by atoms with van der Waals surface area (Å²) in [6, 6.07) is 14.1. The third kappa shape index (κ3) is 6.95. The van der Waals surface area contributed by atoms with Gasteiger partial charge in [-0.2, -0.15) is 0 Å². The number of amides is 6. The van der Waals surface area contributed by atoms with Crippen molar-refractivity contribution in [2.24, 2.45) is 11.8 Å². The lowest BCUT2D eigenvalue weighted by Crippen LogP contribution is -2.60. The number of anilines is 1. The van der Waals surface area contributed by atoms with E-state index in [0.29, 0.717) is 86.7 Å². The lowest BCUT2D eigenvalue weighted by molar-refractivity contribution is -0.142. The minimum absolute atomic E-state index is 0.0744. The molecule has 0 radical (unpaired) electrons. The van der Waals surface area contributed by atoms with Crippen LogP contribution in [-0.2, 0) is 35.9 Å². The first kappa shape index (κ1) is 42.8. The second-order valence-electron chi connectivity index (χ2n) is 18.7. The number of hydrogen-bond acceptors (Lipinski definition) is 7. The Labute approximate surface area is 381 Å². The summed E-state index contributed by atoms with van der Waals surface area (Å²) in [4.78, 5) is 86.6. The van der Waals surface area contributed by atoms with Gasteiger partial charge in [0, 0.05) is 72.8 Å². The van der Waals surface area contributed by atoms with Crippen molar-refractivity contribution >= 4 is 70.4 Å². The van der Waals surface area contributed by atoms with Crippen LogP contribution in [0.1, 0.15) is 109 Å². The topological polar surface area (TPSA) is 148 Å². The molecule has 4 atom stereocenters. The fourth-order valence-corrected chi connectivity index (χ4v) is 12.7. The van der Waals surface area contributed by atoms with E-state index in [2.05, 4.69) is 22.0 Å². The number of piperidine rings is 3. The highest BCUT2D eigenvalue weighted by Crippen LogP contribution is 2.63. The van der Waals surface area contributed by atoms with E-state index in [0.717, 1.165) is 43.2 Å². The third-order valence-corrected chi connectivity index (χ3v) is 16.0. The Morgan fingerprint density at radius 1 is 0.812 bits per heavy atom. The summed E-state index contributed by atoms with van der Waals surface area (Å²) in [6.45, 7) is 2.25. The number of carbonyl (C=O) groups is 6. The Bertz CT molecular complexity index is 2490. The summed E-state index contributed by atoms with van der Waals surface area (Å²) >= 11 is 12.9. The fourth-order valence-electron chi connectivity index (χ4n) is 12.3. The van der Waals surface area contributed by atoms with Crippen molar-refractivity contribution in [3.05, 3.63) is 104 Å². The molecule has 1 saturated carbocycles. The van der Waals surface area contributed by atoms with Gasteiger partial charge in [-0.3, -0.25) is 39.4 Å². The maximum absolute atomic E-state index is 16.4. The van der Waals surface area contributed by atoms with Crippen LogP contribution in [-0.4, -0.2) is 93.9 Å². The Morgan fingerprint density at radius 3 is 2.28 bits per heavy atom. The van der Waals surface area contributed by atoms with Crippen LogP contribution in [0.3, 0.4) is 0 Å². The van der Waals surface area contributed by atoms with Crippen molar-refractivity contribution in [2.45, 2.75) is 106 Å². The molecule has 10 rings (SSSR count). The summed E-state index contributed by atoms with van der Waals surface area (Å²) in [5.41, 5.74) is 1.72. The summed E-state index contributed by atoms with van der Waals surface area (Å²) in [5.74, 6) is -2.90. The lowest BCUT2D eigenvalue weighted by atomic mass is 9.55. The van der Waals surface area contributed by atoms with Gasteiger partial charge in [0.2, 0.25) is 29.5 Å². The molecule has 334 valence electrons. The molecular formula is C49H51Cl2FN6O6. The molecule has 0 bridgehead atoms. The van der Waals surface area contributed by atoms with E-state index in [1.165, 1.54) is 6.07 Å². The highest BCUT2D eigenvalue weighted by Gasteiger charge is 2.72. The Kier molecular flexibility index (Phi) is 11.2. The van der Waals surface area contributed by atoms with Crippen molar-refractivity contribution in [3.8, 4) is 0 Å².